The van der Waals surface area contributed by atoms with Crippen molar-refractivity contribution in [2.24, 2.45) is 0 Å². The highest BCUT2D eigenvalue weighted by Crippen LogP contribution is 2.39. The van der Waals surface area contributed by atoms with Gasteiger partial charge in [-0.2, -0.15) is 0 Å². The molecule has 1 fully saturated rings. The smallest absolute Gasteiger partial charge is 0.321 e. The molecular formula is C18H17N5OS. The molecule has 1 aliphatic rings. The first kappa shape index (κ1) is 15.7. The molecule has 0 aromatic carbocycles. The van der Waals surface area contributed by atoms with Gasteiger partial charge in [-0.05, 0) is 42.0 Å². The Labute approximate surface area is 149 Å². The van der Waals surface area contributed by atoms with Gasteiger partial charge in [0.05, 0.1) is 5.69 Å². The van der Waals surface area contributed by atoms with Crippen LogP contribution < -0.4 is 10.6 Å². The van der Waals surface area contributed by atoms with E-state index < -0.39 is 0 Å². The number of nitrogens with one attached hydrogen (secondary N) is 2. The zero-order valence-corrected chi connectivity index (χ0v) is 14.3. The maximum atomic E-state index is 12.1. The van der Waals surface area contributed by atoms with Crippen LogP contribution in [0.2, 0.25) is 0 Å². The van der Waals surface area contributed by atoms with Crippen molar-refractivity contribution in [1.82, 2.24) is 20.3 Å². The van der Waals surface area contributed by atoms with Crippen LogP contribution in [0.3, 0.4) is 0 Å². The minimum absolute atomic E-state index is 0.279. The quantitative estimate of drug-likeness (QED) is 0.733. The first-order chi connectivity index (χ1) is 12.3. The fraction of sp³-hybridized carbons (Fsp3) is 0.222. The van der Waals surface area contributed by atoms with Crippen molar-refractivity contribution in [2.75, 3.05) is 5.32 Å². The average molecular weight is 351 g/mol. The molecule has 4 rings (SSSR count). The predicted molar refractivity (Wildman–Crippen MR) is 97.4 cm³/mol. The highest BCUT2D eigenvalue weighted by Gasteiger charge is 2.23. The van der Waals surface area contributed by atoms with Crippen molar-refractivity contribution >= 4 is 22.5 Å². The van der Waals surface area contributed by atoms with Gasteiger partial charge in [0.25, 0.3) is 0 Å². The van der Waals surface area contributed by atoms with Crippen LogP contribution in [-0.4, -0.2) is 21.0 Å². The molecule has 1 aliphatic carbocycles. The molecule has 2 N–H and O–H groups in total. The summed E-state index contributed by atoms with van der Waals surface area (Å²) in [4.78, 5) is 25.0. The minimum Gasteiger partial charge on any atom is -0.334 e. The molecule has 0 spiro atoms. The summed E-state index contributed by atoms with van der Waals surface area (Å²) >= 11 is 1.37. The third kappa shape index (κ3) is 4.00. The van der Waals surface area contributed by atoms with Gasteiger partial charge in [-0.25, -0.2) is 9.78 Å². The van der Waals surface area contributed by atoms with Gasteiger partial charge in [-0.3, -0.25) is 15.3 Å². The first-order valence-electron chi connectivity index (χ1n) is 8.13. The Bertz CT molecular complexity index is 876. The fourth-order valence-electron chi connectivity index (χ4n) is 2.53. The lowest BCUT2D eigenvalue weighted by Crippen LogP contribution is -2.28. The number of amides is 2. The maximum absolute atomic E-state index is 12.1. The van der Waals surface area contributed by atoms with Crippen LogP contribution in [0.1, 0.15) is 29.9 Å². The molecular weight excluding hydrogens is 334 g/mol. The van der Waals surface area contributed by atoms with E-state index in [-0.39, 0.29) is 6.03 Å². The van der Waals surface area contributed by atoms with Crippen LogP contribution in [0.5, 0.6) is 0 Å². The molecule has 0 radical (unpaired) electrons. The standard InChI is InChI=1S/C18H17N5OS/c24-17(21-9-12-7-14(10-19-8-12)13-4-5-13)23-18-22-16(11-25-18)15-3-1-2-6-20-15/h1-3,6-8,10-11,13H,4-5,9H2,(H2,21,22,23,24). The van der Waals surface area contributed by atoms with E-state index in [1.54, 1.807) is 12.4 Å². The fourth-order valence-corrected chi connectivity index (χ4v) is 3.23. The topological polar surface area (TPSA) is 79.8 Å². The van der Waals surface area contributed by atoms with Crippen molar-refractivity contribution in [3.63, 3.8) is 0 Å². The third-order valence-electron chi connectivity index (χ3n) is 3.97. The molecule has 3 heterocycles. The summed E-state index contributed by atoms with van der Waals surface area (Å²) in [5.41, 5.74) is 3.81. The maximum Gasteiger partial charge on any atom is 0.321 e. The average Bonchev–Trinajstić information content (AvgIpc) is 3.41. The number of hydrogen-bond donors (Lipinski definition) is 2. The van der Waals surface area contributed by atoms with E-state index in [9.17, 15) is 4.79 Å². The molecule has 126 valence electrons. The Morgan fingerprint density at radius 3 is 2.96 bits per heavy atom. The van der Waals surface area contributed by atoms with Crippen LogP contribution in [0.15, 0.2) is 48.2 Å². The Balaban J connectivity index is 1.33. The summed E-state index contributed by atoms with van der Waals surface area (Å²) in [5.74, 6) is 0.654. The summed E-state index contributed by atoms with van der Waals surface area (Å²) in [7, 11) is 0. The van der Waals surface area contributed by atoms with Crippen LogP contribution in [0.25, 0.3) is 11.4 Å². The molecule has 2 amide bonds. The number of rotatable bonds is 5. The van der Waals surface area contributed by atoms with Gasteiger partial charge in [0.15, 0.2) is 5.13 Å². The number of hydrogen-bond acceptors (Lipinski definition) is 5. The van der Waals surface area contributed by atoms with Crippen molar-refractivity contribution < 1.29 is 4.79 Å². The van der Waals surface area contributed by atoms with E-state index in [0.717, 1.165) is 17.0 Å². The summed E-state index contributed by atoms with van der Waals surface area (Å²) in [6.07, 6.45) is 7.90. The summed E-state index contributed by atoms with van der Waals surface area (Å²) < 4.78 is 0. The molecule has 1 saturated carbocycles. The number of carbonyl (C=O) groups excluding carboxylic acids is 1. The highest BCUT2D eigenvalue weighted by atomic mass is 32.1. The molecule has 0 bridgehead atoms. The van der Waals surface area contributed by atoms with E-state index in [2.05, 4.69) is 31.7 Å². The van der Waals surface area contributed by atoms with Gasteiger partial charge < -0.3 is 5.32 Å². The number of urea groups is 1. The minimum atomic E-state index is -0.279. The Kier molecular flexibility index (Phi) is 4.39. The molecule has 7 heteroatoms. The molecule has 0 aliphatic heterocycles. The molecule has 0 saturated heterocycles. The number of pyridine rings is 2. The molecule has 25 heavy (non-hydrogen) atoms. The lowest BCUT2D eigenvalue weighted by atomic mass is 10.1. The van der Waals surface area contributed by atoms with Crippen molar-refractivity contribution in [2.45, 2.75) is 25.3 Å². The monoisotopic (exact) mass is 351 g/mol. The zero-order chi connectivity index (χ0) is 17.1. The molecule has 0 unspecified atom stereocenters. The van der Waals surface area contributed by atoms with E-state index in [1.807, 2.05) is 29.8 Å². The number of aromatic nitrogens is 3. The zero-order valence-electron chi connectivity index (χ0n) is 13.5. The van der Waals surface area contributed by atoms with Gasteiger partial charge in [0, 0.05) is 30.5 Å². The highest BCUT2D eigenvalue weighted by molar-refractivity contribution is 7.14. The predicted octanol–water partition coefficient (Wildman–Crippen LogP) is 3.80. The van der Waals surface area contributed by atoms with Crippen molar-refractivity contribution in [3.05, 3.63) is 59.4 Å². The van der Waals surface area contributed by atoms with Gasteiger partial charge in [-0.1, -0.05) is 12.1 Å². The van der Waals surface area contributed by atoms with Gasteiger partial charge in [0.2, 0.25) is 0 Å². The van der Waals surface area contributed by atoms with E-state index in [4.69, 9.17) is 0 Å². The van der Waals surface area contributed by atoms with Gasteiger partial charge in [0.1, 0.15) is 5.69 Å². The second-order valence-electron chi connectivity index (χ2n) is 5.96. The second-order valence-corrected chi connectivity index (χ2v) is 6.82. The first-order valence-corrected chi connectivity index (χ1v) is 9.01. The summed E-state index contributed by atoms with van der Waals surface area (Å²) in [6.45, 7) is 0.442. The third-order valence-corrected chi connectivity index (χ3v) is 4.73. The number of nitrogens with zero attached hydrogens (tertiary/aromatic N) is 3. The lowest BCUT2D eigenvalue weighted by Gasteiger charge is -2.06. The van der Waals surface area contributed by atoms with E-state index in [1.165, 1.54) is 29.7 Å². The Morgan fingerprint density at radius 1 is 1.24 bits per heavy atom. The van der Waals surface area contributed by atoms with Crippen molar-refractivity contribution in [1.29, 1.82) is 0 Å². The van der Waals surface area contributed by atoms with Crippen LogP contribution in [0, 0.1) is 0 Å². The lowest BCUT2D eigenvalue weighted by molar-refractivity contribution is 0.251. The summed E-state index contributed by atoms with van der Waals surface area (Å²) in [5, 5.41) is 8.03. The van der Waals surface area contributed by atoms with E-state index >= 15 is 0 Å². The van der Waals surface area contributed by atoms with Gasteiger partial charge in [-0.15, -0.1) is 11.3 Å². The van der Waals surface area contributed by atoms with E-state index in [0.29, 0.717) is 17.6 Å². The second kappa shape index (κ2) is 6.98. The van der Waals surface area contributed by atoms with Gasteiger partial charge >= 0.3 is 6.03 Å². The van der Waals surface area contributed by atoms with Crippen molar-refractivity contribution in [3.8, 4) is 11.4 Å². The molecule has 3 aromatic heterocycles. The van der Waals surface area contributed by atoms with Crippen LogP contribution in [-0.2, 0) is 6.54 Å². The van der Waals surface area contributed by atoms with Crippen LogP contribution >= 0.6 is 11.3 Å². The largest absolute Gasteiger partial charge is 0.334 e. The number of thiazole rings is 1. The molecule has 3 aromatic rings. The number of anilines is 1. The SMILES string of the molecule is O=C(NCc1cncc(C2CC2)c1)Nc1nc(-c2ccccn2)cs1. The molecule has 0 atom stereocenters. The number of carbonyl (C=O) groups is 1. The normalized spacial score (nSPS) is 13.4. The Hall–Kier alpha value is -2.80. The molecule has 6 nitrogen and oxygen atoms in total. The Morgan fingerprint density at radius 2 is 2.16 bits per heavy atom. The van der Waals surface area contributed by atoms with Crippen LogP contribution in [0.4, 0.5) is 9.93 Å². The summed E-state index contributed by atoms with van der Waals surface area (Å²) in [6, 6.07) is 7.49.